The van der Waals surface area contributed by atoms with Gasteiger partial charge in [0.2, 0.25) is 40.7 Å². The number of esters is 1. The van der Waals surface area contributed by atoms with Gasteiger partial charge in [0.1, 0.15) is 0 Å². The molecule has 3 amide bonds. The summed E-state index contributed by atoms with van der Waals surface area (Å²) in [6.45, 7) is -0.0102. The van der Waals surface area contributed by atoms with Gasteiger partial charge in [-0.1, -0.05) is 0 Å². The van der Waals surface area contributed by atoms with Crippen molar-refractivity contribution < 1.29 is 55.3 Å². The number of ether oxygens (including phenoxy) is 3. The molecule has 1 N–H and O–H groups in total. The van der Waals surface area contributed by atoms with Crippen LogP contribution in [0.2, 0.25) is 0 Å². The molecule has 0 aliphatic carbocycles. The van der Waals surface area contributed by atoms with Gasteiger partial charge >= 0.3 is 5.97 Å². The Labute approximate surface area is 189 Å². The van der Waals surface area contributed by atoms with Crippen molar-refractivity contribution in [1.82, 2.24) is 10.2 Å². The largest absolute Gasteiger partial charge is 0.420 e. The van der Waals surface area contributed by atoms with E-state index in [9.17, 15) is 41.1 Å². The van der Waals surface area contributed by atoms with E-state index in [4.69, 9.17) is 9.47 Å². The van der Waals surface area contributed by atoms with Crippen LogP contribution >= 0.6 is 0 Å². The van der Waals surface area contributed by atoms with E-state index in [0.29, 0.717) is 0 Å². The Morgan fingerprint density at radius 1 is 0.765 bits per heavy atom. The van der Waals surface area contributed by atoms with Gasteiger partial charge in [-0.3, -0.25) is 24.1 Å². The van der Waals surface area contributed by atoms with Crippen LogP contribution in [0.25, 0.3) is 0 Å². The van der Waals surface area contributed by atoms with Gasteiger partial charge in [0.15, 0.2) is 0 Å². The molecule has 1 aliphatic heterocycles. The van der Waals surface area contributed by atoms with E-state index < -0.39 is 59.0 Å². The van der Waals surface area contributed by atoms with Crippen LogP contribution in [-0.4, -0.2) is 68.1 Å². The first-order valence-electron chi connectivity index (χ1n) is 9.81. The van der Waals surface area contributed by atoms with Gasteiger partial charge in [-0.2, -0.15) is 8.78 Å². The fraction of sp³-hybridized carbons (Fsp3) is 0.400. The number of carbonyl (C=O) groups excluding carboxylic acids is 4. The average molecular weight is 494 g/mol. The van der Waals surface area contributed by atoms with Crippen LogP contribution in [0.3, 0.4) is 0 Å². The molecule has 0 saturated heterocycles. The lowest BCUT2D eigenvalue weighted by Crippen LogP contribution is -2.35. The van der Waals surface area contributed by atoms with Gasteiger partial charge in [0.05, 0.1) is 32.8 Å². The molecule has 1 heterocycles. The summed E-state index contributed by atoms with van der Waals surface area (Å²) in [5.41, 5.74) is 0. The summed E-state index contributed by atoms with van der Waals surface area (Å²) in [5.74, 6) is -15.7. The molecule has 0 fully saturated rings. The summed E-state index contributed by atoms with van der Waals surface area (Å²) in [5, 5.41) is 2.52. The number of benzene rings is 1. The molecule has 186 valence electrons. The monoisotopic (exact) mass is 494 g/mol. The molecule has 0 atom stereocenters. The number of rotatable bonds is 13. The predicted octanol–water partition coefficient (Wildman–Crippen LogP) is 1.14. The number of nitrogens with zero attached hydrogens (tertiary/aromatic N) is 1. The molecule has 0 spiro atoms. The van der Waals surface area contributed by atoms with Crippen LogP contribution in [0.5, 0.6) is 5.75 Å². The minimum Gasteiger partial charge on any atom is -0.420 e. The van der Waals surface area contributed by atoms with Crippen LogP contribution < -0.4 is 10.1 Å². The van der Waals surface area contributed by atoms with E-state index in [1.807, 2.05) is 0 Å². The maximum atomic E-state index is 13.4. The van der Waals surface area contributed by atoms with Crippen LogP contribution in [-0.2, 0) is 28.7 Å². The van der Waals surface area contributed by atoms with E-state index in [1.165, 1.54) is 0 Å². The number of halogens is 5. The molecular formula is C20H19F5N2O7. The average Bonchev–Trinajstić information content (AvgIpc) is 3.13. The Kier molecular flexibility index (Phi) is 10.1. The molecule has 0 bridgehead atoms. The molecule has 2 rings (SSSR count). The van der Waals surface area contributed by atoms with E-state index in [2.05, 4.69) is 10.1 Å². The highest BCUT2D eigenvalue weighted by molar-refractivity contribution is 6.13. The highest BCUT2D eigenvalue weighted by Crippen LogP contribution is 2.29. The molecule has 0 radical (unpaired) electrons. The van der Waals surface area contributed by atoms with Crippen molar-refractivity contribution in [3.8, 4) is 5.75 Å². The normalized spacial score (nSPS) is 13.0. The molecular weight excluding hydrogens is 475 g/mol. The molecule has 0 saturated carbocycles. The molecule has 0 aromatic heterocycles. The van der Waals surface area contributed by atoms with Crippen molar-refractivity contribution in [3.05, 3.63) is 41.2 Å². The summed E-state index contributed by atoms with van der Waals surface area (Å²) < 4.78 is 80.4. The number of carbonyl (C=O) groups is 4. The van der Waals surface area contributed by atoms with Crippen LogP contribution in [0.1, 0.15) is 12.8 Å². The van der Waals surface area contributed by atoms with Crippen molar-refractivity contribution >= 4 is 23.7 Å². The van der Waals surface area contributed by atoms with Crippen molar-refractivity contribution in [2.45, 2.75) is 12.8 Å². The predicted molar refractivity (Wildman–Crippen MR) is 102 cm³/mol. The Hall–Kier alpha value is -3.39. The summed E-state index contributed by atoms with van der Waals surface area (Å²) >= 11 is 0. The summed E-state index contributed by atoms with van der Waals surface area (Å²) in [4.78, 5) is 46.8. The minimum absolute atomic E-state index is 0.00403. The van der Waals surface area contributed by atoms with Crippen LogP contribution in [0.15, 0.2) is 12.2 Å². The third kappa shape index (κ3) is 7.31. The number of nitrogens with one attached hydrogen (secondary N) is 1. The molecule has 0 unspecified atom stereocenters. The van der Waals surface area contributed by atoms with Crippen LogP contribution in [0.4, 0.5) is 22.0 Å². The molecule has 34 heavy (non-hydrogen) atoms. The second-order valence-corrected chi connectivity index (χ2v) is 6.61. The summed E-state index contributed by atoms with van der Waals surface area (Å²) in [6, 6.07) is 0. The van der Waals surface area contributed by atoms with Crippen molar-refractivity contribution in [2.75, 3.05) is 39.5 Å². The molecule has 14 heteroatoms. The van der Waals surface area contributed by atoms with E-state index in [1.54, 1.807) is 0 Å². The van der Waals surface area contributed by atoms with Gasteiger partial charge < -0.3 is 19.5 Å². The first kappa shape index (κ1) is 26.9. The van der Waals surface area contributed by atoms with E-state index in [-0.39, 0.29) is 51.8 Å². The van der Waals surface area contributed by atoms with E-state index in [0.717, 1.165) is 17.1 Å². The van der Waals surface area contributed by atoms with E-state index >= 15 is 0 Å². The highest BCUT2D eigenvalue weighted by Gasteiger charge is 2.28. The Morgan fingerprint density at radius 2 is 1.29 bits per heavy atom. The molecule has 1 aromatic rings. The van der Waals surface area contributed by atoms with Crippen molar-refractivity contribution in [1.29, 1.82) is 0 Å². The third-order valence-electron chi connectivity index (χ3n) is 4.24. The SMILES string of the molecule is O=C(CCN1C(=O)C=CC1=O)NCCOCCOCCC(=O)Oc1c(F)c(F)c(F)c(F)c1F. The highest BCUT2D eigenvalue weighted by atomic mass is 19.2. The van der Waals surface area contributed by atoms with Crippen molar-refractivity contribution in [2.24, 2.45) is 0 Å². The zero-order valence-corrected chi connectivity index (χ0v) is 17.5. The van der Waals surface area contributed by atoms with Gasteiger partial charge in [0, 0.05) is 31.7 Å². The third-order valence-corrected chi connectivity index (χ3v) is 4.24. The lowest BCUT2D eigenvalue weighted by molar-refractivity contribution is -0.138. The molecule has 1 aliphatic rings. The first-order valence-corrected chi connectivity index (χ1v) is 9.81. The maximum Gasteiger partial charge on any atom is 0.313 e. The van der Waals surface area contributed by atoms with Crippen molar-refractivity contribution in [3.63, 3.8) is 0 Å². The number of imide groups is 1. The van der Waals surface area contributed by atoms with Gasteiger partial charge in [-0.15, -0.1) is 0 Å². The lowest BCUT2D eigenvalue weighted by Gasteiger charge is -2.13. The van der Waals surface area contributed by atoms with Gasteiger partial charge in [-0.25, -0.2) is 13.2 Å². The standard InChI is InChI=1S/C20H19F5N2O7/c21-15-16(22)18(24)20(19(25)17(15)23)34-14(31)4-7-32-9-10-33-8-5-26-11(28)3-6-27-12(29)1-2-13(27)30/h1-2H,3-10H2,(H,26,28). The fourth-order valence-corrected chi connectivity index (χ4v) is 2.53. The minimum atomic E-state index is -2.37. The first-order chi connectivity index (χ1) is 16.1. The number of amides is 3. The molecule has 1 aromatic carbocycles. The Balaban J connectivity index is 1.52. The second kappa shape index (κ2) is 12.7. The smallest absolute Gasteiger partial charge is 0.313 e. The lowest BCUT2D eigenvalue weighted by atomic mass is 10.2. The Bertz CT molecular complexity index is 940. The topological polar surface area (TPSA) is 111 Å². The Morgan fingerprint density at radius 3 is 1.88 bits per heavy atom. The summed E-state index contributed by atoms with van der Waals surface area (Å²) in [7, 11) is 0. The van der Waals surface area contributed by atoms with Gasteiger partial charge in [0.25, 0.3) is 11.8 Å². The maximum absolute atomic E-state index is 13.4. The zero-order valence-electron chi connectivity index (χ0n) is 17.5. The second-order valence-electron chi connectivity index (χ2n) is 6.61. The quantitative estimate of drug-likeness (QED) is 0.0833. The molecule has 9 nitrogen and oxygen atoms in total. The number of hydrogen-bond acceptors (Lipinski definition) is 7. The van der Waals surface area contributed by atoms with Crippen LogP contribution in [0, 0.1) is 29.1 Å². The summed E-state index contributed by atoms with van der Waals surface area (Å²) in [6.07, 6.45) is 1.63. The zero-order chi connectivity index (χ0) is 25.3. The fourth-order valence-electron chi connectivity index (χ4n) is 2.53. The number of hydrogen-bond donors (Lipinski definition) is 1. The van der Waals surface area contributed by atoms with Gasteiger partial charge in [-0.05, 0) is 0 Å².